The molecule has 0 fully saturated rings. The van der Waals surface area contributed by atoms with Crippen LogP contribution in [-0.2, 0) is 9.59 Å². The summed E-state index contributed by atoms with van der Waals surface area (Å²) in [4.78, 5) is 34.8. The average Bonchev–Trinajstić information content (AvgIpc) is 3.29. The van der Waals surface area contributed by atoms with E-state index in [2.05, 4.69) is 25.9 Å². The van der Waals surface area contributed by atoms with Crippen molar-refractivity contribution in [3.63, 3.8) is 0 Å². The summed E-state index contributed by atoms with van der Waals surface area (Å²) in [6.07, 6.45) is -3.65. The summed E-state index contributed by atoms with van der Waals surface area (Å²) in [5, 5.41) is 8.58. The van der Waals surface area contributed by atoms with E-state index in [-0.39, 0.29) is 34.0 Å². The zero-order valence-electron chi connectivity index (χ0n) is 22.3. The maximum atomic E-state index is 14.2. The van der Waals surface area contributed by atoms with Gasteiger partial charge in [0.15, 0.2) is 6.29 Å². The molecular weight excluding hydrogens is 530 g/mol. The lowest BCUT2D eigenvalue weighted by Crippen LogP contribution is -2.39. The molecular formula is C27H29F4N7O2. The number of H-pyrrole nitrogens is 1. The highest BCUT2D eigenvalue weighted by molar-refractivity contribution is 6.20. The maximum absolute atomic E-state index is 14.2. The number of anilines is 3. The predicted molar refractivity (Wildman–Crippen MR) is 147 cm³/mol. The minimum Gasteiger partial charge on any atom is -0.358 e. The number of nitrogens with one attached hydrogen (secondary N) is 4. The summed E-state index contributed by atoms with van der Waals surface area (Å²) < 4.78 is 56.0. The number of carbonyl (C=O) groups is 2. The lowest BCUT2D eigenvalue weighted by atomic mass is 10.0. The van der Waals surface area contributed by atoms with Crippen LogP contribution in [0, 0.1) is 5.82 Å². The summed E-state index contributed by atoms with van der Waals surface area (Å²) in [7, 11) is 3.74. The smallest absolute Gasteiger partial charge is 0.358 e. The standard InChI is InChI=1S/C27H29F4N7O2/c1-15(39)34-22-12-17(8-9-23(22)38(16(2)40)11-10-37(3)4)35-26-33-14-20(27(29,30)31)24(36-26)19-13-32-25-18(19)6-5-7-21(25)28/h5-9,12-14,26,32-33,35H,10-11H2,1-4H3,(H,34,39). The van der Waals surface area contributed by atoms with Gasteiger partial charge < -0.3 is 30.7 Å². The number of halogens is 4. The number of fused-ring (bicyclic) bond motifs is 1. The molecule has 0 saturated carbocycles. The molecule has 40 heavy (non-hydrogen) atoms. The number of nitrogens with zero attached hydrogens (tertiary/aromatic N) is 3. The lowest BCUT2D eigenvalue weighted by Gasteiger charge is -2.27. The number of hydrogen-bond acceptors (Lipinski definition) is 6. The molecule has 0 aliphatic carbocycles. The fourth-order valence-electron chi connectivity index (χ4n) is 4.34. The normalized spacial score (nSPS) is 15.4. The van der Waals surface area contributed by atoms with Gasteiger partial charge in [-0.25, -0.2) is 9.38 Å². The molecule has 9 nitrogen and oxygen atoms in total. The van der Waals surface area contributed by atoms with Crippen LogP contribution in [0.1, 0.15) is 19.4 Å². The van der Waals surface area contributed by atoms with E-state index < -0.39 is 23.9 Å². The van der Waals surface area contributed by atoms with Gasteiger partial charge in [-0.15, -0.1) is 0 Å². The second-order valence-electron chi connectivity index (χ2n) is 9.50. The number of aromatic amines is 1. The first-order valence-corrected chi connectivity index (χ1v) is 12.3. The molecule has 4 N–H and O–H groups in total. The Morgan fingerprint density at radius 3 is 2.50 bits per heavy atom. The van der Waals surface area contributed by atoms with Crippen LogP contribution in [0.2, 0.25) is 0 Å². The Morgan fingerprint density at radius 2 is 1.85 bits per heavy atom. The molecule has 0 bridgehead atoms. The molecule has 1 aromatic heterocycles. The number of amides is 2. The molecule has 0 spiro atoms. The van der Waals surface area contributed by atoms with E-state index >= 15 is 0 Å². The number of para-hydroxylation sites is 1. The first-order valence-electron chi connectivity index (χ1n) is 12.3. The van der Waals surface area contributed by atoms with Gasteiger partial charge in [-0.3, -0.25) is 9.59 Å². The predicted octanol–water partition coefficient (Wildman–Crippen LogP) is 4.41. The maximum Gasteiger partial charge on any atom is 0.419 e. The van der Waals surface area contributed by atoms with Crippen molar-refractivity contribution < 1.29 is 27.2 Å². The molecule has 1 unspecified atom stereocenters. The topological polar surface area (TPSA) is 105 Å². The van der Waals surface area contributed by atoms with E-state index in [4.69, 9.17) is 0 Å². The van der Waals surface area contributed by atoms with Crippen LogP contribution in [0.5, 0.6) is 0 Å². The van der Waals surface area contributed by atoms with E-state index in [0.717, 1.165) is 6.20 Å². The van der Waals surface area contributed by atoms with Gasteiger partial charge in [0.25, 0.3) is 0 Å². The summed E-state index contributed by atoms with van der Waals surface area (Å²) in [6, 6.07) is 8.98. The highest BCUT2D eigenvalue weighted by Gasteiger charge is 2.40. The first-order chi connectivity index (χ1) is 18.8. The second-order valence-corrected chi connectivity index (χ2v) is 9.50. The van der Waals surface area contributed by atoms with Crippen molar-refractivity contribution in [2.24, 2.45) is 4.99 Å². The van der Waals surface area contributed by atoms with Crippen molar-refractivity contribution >= 4 is 45.5 Å². The van der Waals surface area contributed by atoms with E-state index in [1.807, 2.05) is 19.0 Å². The van der Waals surface area contributed by atoms with Gasteiger partial charge in [0.1, 0.15) is 5.82 Å². The van der Waals surface area contributed by atoms with Crippen molar-refractivity contribution in [1.29, 1.82) is 0 Å². The molecule has 212 valence electrons. The van der Waals surface area contributed by atoms with Gasteiger partial charge >= 0.3 is 6.18 Å². The lowest BCUT2D eigenvalue weighted by molar-refractivity contribution is -0.117. The van der Waals surface area contributed by atoms with Crippen LogP contribution in [0.15, 0.2) is 59.4 Å². The number of carbonyl (C=O) groups excluding carboxylic acids is 2. The number of aliphatic imine (C=N–C) groups is 1. The van der Waals surface area contributed by atoms with E-state index in [0.29, 0.717) is 30.2 Å². The van der Waals surface area contributed by atoms with Gasteiger partial charge in [0, 0.05) is 56.0 Å². The number of rotatable bonds is 8. The van der Waals surface area contributed by atoms with Crippen LogP contribution in [0.25, 0.3) is 10.9 Å². The molecule has 0 radical (unpaired) electrons. The Balaban J connectivity index is 1.69. The Kier molecular flexibility index (Phi) is 8.14. The summed E-state index contributed by atoms with van der Waals surface area (Å²) >= 11 is 0. The van der Waals surface area contributed by atoms with Crippen LogP contribution in [0.4, 0.5) is 34.6 Å². The second kappa shape index (κ2) is 11.4. The van der Waals surface area contributed by atoms with E-state index in [1.165, 1.54) is 43.1 Å². The van der Waals surface area contributed by atoms with E-state index in [9.17, 15) is 27.2 Å². The zero-order valence-corrected chi connectivity index (χ0v) is 22.3. The van der Waals surface area contributed by atoms with Crippen molar-refractivity contribution in [2.75, 3.05) is 42.7 Å². The molecule has 13 heteroatoms. The Bertz CT molecular complexity index is 1490. The molecule has 0 saturated heterocycles. The van der Waals surface area contributed by atoms with Crippen molar-refractivity contribution in [2.45, 2.75) is 26.3 Å². The number of alkyl halides is 3. The van der Waals surface area contributed by atoms with Gasteiger partial charge in [-0.2, -0.15) is 13.2 Å². The largest absolute Gasteiger partial charge is 0.419 e. The molecule has 1 atom stereocenters. The summed E-state index contributed by atoms with van der Waals surface area (Å²) in [5.41, 5.74) is 0.0103. The molecule has 2 heterocycles. The van der Waals surface area contributed by atoms with Gasteiger partial charge in [-0.1, -0.05) is 12.1 Å². The SMILES string of the molecule is CC(=O)Nc1cc(NC2N=C(c3c[nH]c4c(F)cccc34)C(C(F)(F)F)=CN2)ccc1N(CCN(C)C)C(C)=O. The van der Waals surface area contributed by atoms with Crippen LogP contribution < -0.4 is 20.9 Å². The zero-order chi connectivity index (χ0) is 29.2. The number of likely N-dealkylation sites (N-methyl/N-ethyl adjacent to an activating group) is 1. The summed E-state index contributed by atoms with van der Waals surface area (Å²) in [6.45, 7) is 3.70. The molecule has 4 rings (SSSR count). The first kappa shape index (κ1) is 28.6. The number of benzene rings is 2. The molecule has 2 aromatic carbocycles. The average molecular weight is 560 g/mol. The monoisotopic (exact) mass is 559 g/mol. The number of hydrogen-bond donors (Lipinski definition) is 4. The Morgan fingerprint density at radius 1 is 1.10 bits per heavy atom. The van der Waals surface area contributed by atoms with Crippen molar-refractivity contribution in [3.05, 3.63) is 65.7 Å². The highest BCUT2D eigenvalue weighted by Crippen LogP contribution is 2.34. The third kappa shape index (κ3) is 6.25. The fourth-order valence-corrected chi connectivity index (χ4v) is 4.34. The Hall–Kier alpha value is -4.39. The minimum absolute atomic E-state index is 0.0737. The van der Waals surface area contributed by atoms with Crippen LogP contribution in [0.3, 0.4) is 0 Å². The van der Waals surface area contributed by atoms with Crippen LogP contribution in [-0.4, -0.2) is 67.1 Å². The molecule has 1 aliphatic rings. The number of allylic oxidation sites excluding steroid dienone is 1. The summed E-state index contributed by atoms with van der Waals surface area (Å²) in [5.74, 6) is -1.19. The molecule has 2 amide bonds. The van der Waals surface area contributed by atoms with Crippen molar-refractivity contribution in [1.82, 2.24) is 15.2 Å². The van der Waals surface area contributed by atoms with Crippen molar-refractivity contribution in [3.8, 4) is 0 Å². The van der Waals surface area contributed by atoms with Gasteiger partial charge in [-0.05, 0) is 38.4 Å². The third-order valence-electron chi connectivity index (χ3n) is 6.18. The third-order valence-corrected chi connectivity index (χ3v) is 6.18. The van der Waals surface area contributed by atoms with E-state index in [1.54, 1.807) is 18.2 Å². The van der Waals surface area contributed by atoms with Gasteiger partial charge in [0.05, 0.1) is 28.2 Å². The fraction of sp³-hybridized carbons (Fsp3) is 0.296. The molecule has 3 aromatic rings. The highest BCUT2D eigenvalue weighted by atomic mass is 19.4. The van der Waals surface area contributed by atoms with Gasteiger partial charge in [0.2, 0.25) is 11.8 Å². The minimum atomic E-state index is -4.73. The number of aromatic nitrogens is 1. The van der Waals surface area contributed by atoms with Crippen LogP contribution >= 0.6 is 0 Å². The Labute approximate surface area is 227 Å². The molecule has 1 aliphatic heterocycles. The quantitative estimate of drug-likeness (QED) is 0.306.